The first-order valence-electron chi connectivity index (χ1n) is 10.4. The Balaban J connectivity index is 2.03. The highest BCUT2D eigenvalue weighted by Crippen LogP contribution is 2.46. The molecular weight excluding hydrogens is 401 g/mol. The Labute approximate surface area is 181 Å². The molecule has 6 nitrogen and oxygen atoms in total. The van der Waals surface area contributed by atoms with Crippen molar-refractivity contribution in [2.75, 3.05) is 6.61 Å². The number of hydrogen-bond acceptors (Lipinski definition) is 4. The van der Waals surface area contributed by atoms with Gasteiger partial charge in [0.15, 0.2) is 0 Å². The molecule has 0 spiro atoms. The van der Waals surface area contributed by atoms with Gasteiger partial charge < -0.3 is 19.9 Å². The zero-order valence-electron chi connectivity index (χ0n) is 18.0. The van der Waals surface area contributed by atoms with Crippen LogP contribution < -0.4 is 10.1 Å². The van der Waals surface area contributed by atoms with Crippen molar-refractivity contribution in [3.63, 3.8) is 0 Å². The molecule has 3 atom stereocenters. The Morgan fingerprint density at radius 1 is 1.19 bits per heavy atom. The van der Waals surface area contributed by atoms with Gasteiger partial charge in [0.2, 0.25) is 5.91 Å². The molecule has 1 amide bonds. The summed E-state index contributed by atoms with van der Waals surface area (Å²) in [5, 5.41) is 12.5. The van der Waals surface area contributed by atoms with Crippen LogP contribution in [0.4, 0.5) is 4.39 Å². The maximum Gasteiger partial charge on any atom is 0.335 e. The van der Waals surface area contributed by atoms with Crippen LogP contribution in [0.15, 0.2) is 42.5 Å². The van der Waals surface area contributed by atoms with Crippen molar-refractivity contribution in [1.82, 2.24) is 5.32 Å². The van der Waals surface area contributed by atoms with E-state index in [0.29, 0.717) is 30.8 Å². The van der Waals surface area contributed by atoms with Gasteiger partial charge in [0.25, 0.3) is 0 Å². The van der Waals surface area contributed by atoms with Gasteiger partial charge in [-0.3, -0.25) is 4.79 Å². The number of ether oxygens (including phenoxy) is 2. The molecule has 0 radical (unpaired) electrons. The predicted molar refractivity (Wildman–Crippen MR) is 114 cm³/mol. The number of carboxylic acids is 1. The van der Waals surface area contributed by atoms with Crippen LogP contribution in [0.25, 0.3) is 0 Å². The van der Waals surface area contributed by atoms with Crippen molar-refractivity contribution in [2.45, 2.75) is 57.8 Å². The van der Waals surface area contributed by atoms with E-state index in [1.807, 2.05) is 13.8 Å². The van der Waals surface area contributed by atoms with Crippen LogP contribution in [0.3, 0.4) is 0 Å². The average molecular weight is 429 g/mol. The van der Waals surface area contributed by atoms with Crippen molar-refractivity contribution in [3.05, 3.63) is 65.0 Å². The number of carbonyl (C=O) groups is 2. The monoisotopic (exact) mass is 429 g/mol. The minimum Gasteiger partial charge on any atom is -0.493 e. The Hall–Kier alpha value is -2.93. The third-order valence-electron chi connectivity index (χ3n) is 5.39. The molecule has 0 saturated carbocycles. The SMILES string of the molecule is CCCOc1ccc(C(=O)O)cc1[C@H]1C[C@@](C)(NC(C)=O)C[C@@H](c2ccc(F)cc2)O1. The van der Waals surface area contributed by atoms with E-state index in [1.165, 1.54) is 25.1 Å². The number of benzene rings is 2. The summed E-state index contributed by atoms with van der Waals surface area (Å²) >= 11 is 0. The van der Waals surface area contributed by atoms with E-state index in [0.717, 1.165) is 12.0 Å². The molecule has 0 aromatic heterocycles. The maximum atomic E-state index is 13.4. The second kappa shape index (κ2) is 9.47. The summed E-state index contributed by atoms with van der Waals surface area (Å²) in [5.74, 6) is -0.992. The van der Waals surface area contributed by atoms with Gasteiger partial charge in [-0.2, -0.15) is 0 Å². The van der Waals surface area contributed by atoms with Crippen LogP contribution in [-0.2, 0) is 9.53 Å². The molecule has 0 aliphatic carbocycles. The molecule has 0 bridgehead atoms. The predicted octanol–water partition coefficient (Wildman–Crippen LogP) is 4.80. The lowest BCUT2D eigenvalue weighted by Crippen LogP contribution is -2.50. The minimum atomic E-state index is -1.04. The number of carboxylic acid groups (broad SMARTS) is 1. The van der Waals surface area contributed by atoms with E-state index in [1.54, 1.807) is 24.3 Å². The molecule has 2 N–H and O–H groups in total. The number of rotatable bonds is 7. The molecule has 0 unspecified atom stereocenters. The fraction of sp³-hybridized carbons (Fsp3) is 0.417. The first kappa shape index (κ1) is 22.7. The summed E-state index contributed by atoms with van der Waals surface area (Å²) in [5.41, 5.74) is 0.937. The van der Waals surface area contributed by atoms with Crippen molar-refractivity contribution < 1.29 is 28.6 Å². The number of nitrogens with one attached hydrogen (secondary N) is 1. The topological polar surface area (TPSA) is 84.9 Å². The molecule has 1 fully saturated rings. The summed E-state index contributed by atoms with van der Waals surface area (Å²) in [4.78, 5) is 23.5. The van der Waals surface area contributed by atoms with Gasteiger partial charge in [-0.25, -0.2) is 9.18 Å². The van der Waals surface area contributed by atoms with Gasteiger partial charge in [-0.15, -0.1) is 0 Å². The second-order valence-corrected chi connectivity index (χ2v) is 8.22. The number of hydrogen-bond donors (Lipinski definition) is 2. The quantitative estimate of drug-likeness (QED) is 0.660. The molecule has 1 heterocycles. The number of amides is 1. The van der Waals surface area contributed by atoms with Crippen LogP contribution >= 0.6 is 0 Å². The molecule has 1 aliphatic heterocycles. The standard InChI is InChI=1S/C24H28FNO5/c1-4-11-30-20-10-7-17(23(28)29)12-19(20)22-14-24(3,26-15(2)27)13-21(31-22)16-5-8-18(25)9-6-16/h5-10,12,21-22H,4,11,13-14H2,1-3H3,(H,26,27)(H,28,29)/t21-,22+,24-/m0/s1. The zero-order chi connectivity index (χ0) is 22.6. The van der Waals surface area contributed by atoms with Crippen LogP contribution in [0.5, 0.6) is 5.75 Å². The van der Waals surface area contributed by atoms with E-state index >= 15 is 0 Å². The van der Waals surface area contributed by atoms with Crippen molar-refractivity contribution in [2.24, 2.45) is 0 Å². The van der Waals surface area contributed by atoms with Crippen LogP contribution in [0, 0.1) is 5.82 Å². The third-order valence-corrected chi connectivity index (χ3v) is 5.39. The molecule has 2 aromatic carbocycles. The van der Waals surface area contributed by atoms with Gasteiger partial charge in [0.1, 0.15) is 11.6 Å². The van der Waals surface area contributed by atoms with Crippen LogP contribution in [-0.4, -0.2) is 29.1 Å². The molecular formula is C24H28FNO5. The first-order chi connectivity index (χ1) is 14.7. The van der Waals surface area contributed by atoms with Crippen LogP contribution in [0.2, 0.25) is 0 Å². The normalized spacial score (nSPS) is 23.2. The van der Waals surface area contributed by atoms with Gasteiger partial charge in [-0.05, 0) is 49.2 Å². The Morgan fingerprint density at radius 3 is 2.48 bits per heavy atom. The van der Waals surface area contributed by atoms with Gasteiger partial charge >= 0.3 is 5.97 Å². The van der Waals surface area contributed by atoms with E-state index in [2.05, 4.69) is 5.32 Å². The van der Waals surface area contributed by atoms with E-state index in [4.69, 9.17) is 9.47 Å². The van der Waals surface area contributed by atoms with E-state index in [-0.39, 0.29) is 17.3 Å². The lowest BCUT2D eigenvalue weighted by atomic mass is 9.81. The molecule has 1 aliphatic rings. The summed E-state index contributed by atoms with van der Waals surface area (Å²) in [6.45, 7) is 5.87. The Kier molecular flexibility index (Phi) is 6.95. The first-order valence-corrected chi connectivity index (χ1v) is 10.4. The summed E-state index contributed by atoms with van der Waals surface area (Å²) in [7, 11) is 0. The molecule has 31 heavy (non-hydrogen) atoms. The summed E-state index contributed by atoms with van der Waals surface area (Å²) in [6.07, 6.45) is 0.803. The number of halogens is 1. The molecule has 2 aromatic rings. The number of aromatic carboxylic acids is 1. The molecule has 166 valence electrons. The highest BCUT2D eigenvalue weighted by atomic mass is 19.1. The fourth-order valence-electron chi connectivity index (χ4n) is 4.06. The highest BCUT2D eigenvalue weighted by molar-refractivity contribution is 5.88. The average Bonchev–Trinajstić information content (AvgIpc) is 2.71. The third kappa shape index (κ3) is 5.61. The largest absolute Gasteiger partial charge is 0.493 e. The van der Waals surface area contributed by atoms with Gasteiger partial charge in [-0.1, -0.05) is 19.1 Å². The molecule has 7 heteroatoms. The Bertz CT molecular complexity index is 945. The Morgan fingerprint density at radius 2 is 1.87 bits per heavy atom. The van der Waals surface area contributed by atoms with E-state index in [9.17, 15) is 19.1 Å². The molecule has 1 saturated heterocycles. The highest BCUT2D eigenvalue weighted by Gasteiger charge is 2.41. The van der Waals surface area contributed by atoms with Crippen LogP contribution in [0.1, 0.15) is 73.7 Å². The second-order valence-electron chi connectivity index (χ2n) is 8.22. The number of carbonyl (C=O) groups excluding carboxylic acids is 1. The van der Waals surface area contributed by atoms with E-state index < -0.39 is 23.7 Å². The lowest BCUT2D eigenvalue weighted by Gasteiger charge is -2.43. The summed E-state index contributed by atoms with van der Waals surface area (Å²) < 4.78 is 25.7. The lowest BCUT2D eigenvalue weighted by molar-refractivity contribution is -0.126. The van der Waals surface area contributed by atoms with Gasteiger partial charge in [0, 0.05) is 30.9 Å². The fourth-order valence-corrected chi connectivity index (χ4v) is 4.06. The van der Waals surface area contributed by atoms with Crippen molar-refractivity contribution >= 4 is 11.9 Å². The van der Waals surface area contributed by atoms with Gasteiger partial charge in [0.05, 0.1) is 24.4 Å². The van der Waals surface area contributed by atoms with Crippen molar-refractivity contribution in [1.29, 1.82) is 0 Å². The summed E-state index contributed by atoms with van der Waals surface area (Å²) in [6, 6.07) is 10.8. The minimum absolute atomic E-state index is 0.132. The smallest absolute Gasteiger partial charge is 0.335 e. The zero-order valence-corrected chi connectivity index (χ0v) is 18.0. The molecule has 3 rings (SSSR count). The van der Waals surface area contributed by atoms with Crippen molar-refractivity contribution in [3.8, 4) is 5.75 Å². The maximum absolute atomic E-state index is 13.4.